The Morgan fingerprint density at radius 2 is 1.22 bits per heavy atom. The van der Waals surface area contributed by atoms with Crippen LogP contribution in [0, 0.1) is 0 Å². The quantitative estimate of drug-likeness (QED) is 0.425. The highest BCUT2D eigenvalue weighted by Gasteiger charge is 2.25. The van der Waals surface area contributed by atoms with Gasteiger partial charge in [-0.25, -0.2) is 0 Å². The zero-order valence-electron chi connectivity index (χ0n) is 11.5. The van der Waals surface area contributed by atoms with Gasteiger partial charge in [0, 0.05) is 19.6 Å². The van der Waals surface area contributed by atoms with Gasteiger partial charge in [0.25, 0.3) is 0 Å². The highest BCUT2D eigenvalue weighted by atomic mass is 19.4. The lowest BCUT2D eigenvalue weighted by Crippen LogP contribution is -2.07. The van der Waals surface area contributed by atoms with Crippen molar-refractivity contribution in [2.45, 2.75) is 77.3 Å². The van der Waals surface area contributed by atoms with Crippen molar-refractivity contribution in [3.05, 3.63) is 0 Å². The number of alkyl halides is 3. The van der Waals surface area contributed by atoms with Crippen LogP contribution in [0.4, 0.5) is 13.2 Å². The predicted octanol–water partition coefficient (Wildman–Crippen LogP) is 5.49. The fraction of sp³-hybridized carbons (Fsp3) is 1.00. The number of ether oxygens (including phenoxy) is 1. The van der Waals surface area contributed by atoms with E-state index >= 15 is 0 Å². The first-order valence-electron chi connectivity index (χ1n) is 7.20. The fourth-order valence-corrected chi connectivity index (χ4v) is 1.79. The maximum atomic E-state index is 11.8. The van der Waals surface area contributed by atoms with Crippen LogP contribution < -0.4 is 0 Å². The lowest BCUT2D eigenvalue weighted by atomic mass is 10.1. The molecule has 0 aromatic heterocycles. The average Bonchev–Trinajstić information content (AvgIpc) is 2.29. The van der Waals surface area contributed by atoms with E-state index in [-0.39, 0.29) is 6.42 Å². The Morgan fingerprint density at radius 3 is 1.78 bits per heavy atom. The largest absolute Gasteiger partial charge is 0.389 e. The molecule has 0 spiro atoms. The molecule has 4 heteroatoms. The molecule has 1 nitrogen and oxygen atoms in total. The summed E-state index contributed by atoms with van der Waals surface area (Å²) in [6.45, 7) is 3.36. The van der Waals surface area contributed by atoms with Gasteiger partial charge in [0.2, 0.25) is 0 Å². The summed E-state index contributed by atoms with van der Waals surface area (Å²) in [6, 6.07) is 0. The molecule has 110 valence electrons. The number of rotatable bonds is 12. The van der Waals surface area contributed by atoms with E-state index in [1.54, 1.807) is 0 Å². The summed E-state index contributed by atoms with van der Waals surface area (Å²) in [7, 11) is 0. The molecule has 18 heavy (non-hydrogen) atoms. The molecule has 0 aliphatic heterocycles. The van der Waals surface area contributed by atoms with Crippen LogP contribution >= 0.6 is 0 Å². The second kappa shape index (κ2) is 11.8. The number of halogens is 3. The first kappa shape index (κ1) is 17.8. The molecule has 0 bridgehead atoms. The molecule has 0 unspecified atom stereocenters. The van der Waals surface area contributed by atoms with Crippen molar-refractivity contribution in [2.75, 3.05) is 13.2 Å². The monoisotopic (exact) mass is 268 g/mol. The molecule has 0 radical (unpaired) electrons. The van der Waals surface area contributed by atoms with Gasteiger partial charge in [0.15, 0.2) is 0 Å². The second-order valence-electron chi connectivity index (χ2n) is 4.81. The van der Waals surface area contributed by atoms with E-state index in [9.17, 15) is 13.2 Å². The van der Waals surface area contributed by atoms with Crippen molar-refractivity contribution in [2.24, 2.45) is 0 Å². The molecular formula is C14H27F3O. The van der Waals surface area contributed by atoms with Gasteiger partial charge in [-0.2, -0.15) is 13.2 Å². The third-order valence-electron chi connectivity index (χ3n) is 2.89. The number of unbranched alkanes of at least 4 members (excludes halogenated alkanes) is 7. The van der Waals surface area contributed by atoms with Gasteiger partial charge in [-0.05, 0) is 19.3 Å². The van der Waals surface area contributed by atoms with E-state index in [0.29, 0.717) is 19.6 Å². The minimum absolute atomic E-state index is 0.181. The van der Waals surface area contributed by atoms with Gasteiger partial charge in [0.1, 0.15) is 0 Å². The zero-order valence-corrected chi connectivity index (χ0v) is 11.5. The number of hydrogen-bond acceptors (Lipinski definition) is 1. The van der Waals surface area contributed by atoms with E-state index < -0.39 is 12.6 Å². The molecule has 0 aromatic rings. The van der Waals surface area contributed by atoms with Crippen LogP contribution in [0.15, 0.2) is 0 Å². The molecule has 0 heterocycles. The Balaban J connectivity index is 2.99. The summed E-state index contributed by atoms with van der Waals surface area (Å²) in [5, 5.41) is 0. The van der Waals surface area contributed by atoms with Crippen molar-refractivity contribution in [3.63, 3.8) is 0 Å². The van der Waals surface area contributed by atoms with Crippen LogP contribution in [0.1, 0.15) is 71.1 Å². The van der Waals surface area contributed by atoms with Crippen LogP contribution in [-0.4, -0.2) is 19.4 Å². The molecule has 0 aromatic carbocycles. The highest BCUT2D eigenvalue weighted by Crippen LogP contribution is 2.22. The van der Waals surface area contributed by atoms with E-state index in [2.05, 4.69) is 6.92 Å². The maximum absolute atomic E-state index is 11.8. The van der Waals surface area contributed by atoms with Gasteiger partial charge in [-0.15, -0.1) is 0 Å². The molecule has 0 amide bonds. The molecule has 0 fully saturated rings. The SMILES string of the molecule is CCCCCCCCCOCCCCC(F)(F)F. The van der Waals surface area contributed by atoms with E-state index in [4.69, 9.17) is 4.74 Å². The summed E-state index contributed by atoms with van der Waals surface area (Å²) in [5.41, 5.74) is 0. The Labute approximate surface area is 109 Å². The van der Waals surface area contributed by atoms with E-state index in [1.807, 2.05) is 0 Å². The van der Waals surface area contributed by atoms with Crippen molar-refractivity contribution in [1.29, 1.82) is 0 Å². The Kier molecular flexibility index (Phi) is 11.7. The molecule has 0 rings (SSSR count). The second-order valence-corrected chi connectivity index (χ2v) is 4.81. The number of hydrogen-bond donors (Lipinski definition) is 0. The molecule has 0 N–H and O–H groups in total. The smallest absolute Gasteiger partial charge is 0.381 e. The Morgan fingerprint density at radius 1 is 0.722 bits per heavy atom. The van der Waals surface area contributed by atoms with Crippen molar-refractivity contribution >= 4 is 0 Å². The van der Waals surface area contributed by atoms with Crippen LogP contribution in [0.5, 0.6) is 0 Å². The fourth-order valence-electron chi connectivity index (χ4n) is 1.79. The summed E-state index contributed by atoms with van der Waals surface area (Å²) in [4.78, 5) is 0. The van der Waals surface area contributed by atoms with Gasteiger partial charge in [-0.3, -0.25) is 0 Å². The third-order valence-corrected chi connectivity index (χ3v) is 2.89. The molecule has 0 aliphatic rings. The summed E-state index contributed by atoms with van der Waals surface area (Å²) in [5.74, 6) is 0. The lowest BCUT2D eigenvalue weighted by Gasteiger charge is -2.06. The van der Waals surface area contributed by atoms with Crippen molar-refractivity contribution < 1.29 is 17.9 Å². The average molecular weight is 268 g/mol. The molecule has 0 atom stereocenters. The van der Waals surface area contributed by atoms with Gasteiger partial charge in [0.05, 0.1) is 0 Å². The van der Waals surface area contributed by atoms with Crippen LogP contribution in [0.3, 0.4) is 0 Å². The molecular weight excluding hydrogens is 241 g/mol. The van der Waals surface area contributed by atoms with E-state index in [0.717, 1.165) is 6.42 Å². The third kappa shape index (κ3) is 15.8. The molecule has 0 aliphatic carbocycles. The van der Waals surface area contributed by atoms with Crippen LogP contribution in [0.2, 0.25) is 0 Å². The first-order chi connectivity index (χ1) is 8.56. The minimum atomic E-state index is -4.02. The maximum Gasteiger partial charge on any atom is 0.389 e. The van der Waals surface area contributed by atoms with Crippen LogP contribution in [-0.2, 0) is 4.74 Å². The first-order valence-corrected chi connectivity index (χ1v) is 7.20. The topological polar surface area (TPSA) is 9.23 Å². The minimum Gasteiger partial charge on any atom is -0.381 e. The normalized spacial score (nSPS) is 12.0. The van der Waals surface area contributed by atoms with Gasteiger partial charge in [-0.1, -0.05) is 45.4 Å². The molecule has 0 saturated heterocycles. The zero-order chi connectivity index (χ0) is 13.7. The predicted molar refractivity (Wildman–Crippen MR) is 68.7 cm³/mol. The van der Waals surface area contributed by atoms with Crippen molar-refractivity contribution in [3.8, 4) is 0 Å². The summed E-state index contributed by atoms with van der Waals surface area (Å²) < 4.78 is 40.8. The lowest BCUT2D eigenvalue weighted by molar-refractivity contribution is -0.136. The van der Waals surface area contributed by atoms with E-state index in [1.165, 1.54) is 38.5 Å². The standard InChI is InChI=1S/C14H27F3O/c1-2-3-4-5-6-7-9-12-18-13-10-8-11-14(15,16)17/h2-13H2,1H3. The highest BCUT2D eigenvalue weighted by molar-refractivity contribution is 4.50. The van der Waals surface area contributed by atoms with Gasteiger partial charge >= 0.3 is 6.18 Å². The Bertz CT molecular complexity index is 169. The Hall–Kier alpha value is -0.250. The van der Waals surface area contributed by atoms with Gasteiger partial charge < -0.3 is 4.74 Å². The van der Waals surface area contributed by atoms with Crippen molar-refractivity contribution in [1.82, 2.24) is 0 Å². The summed E-state index contributed by atoms with van der Waals surface area (Å²) in [6.07, 6.45) is 4.63. The molecule has 0 saturated carbocycles. The summed E-state index contributed by atoms with van der Waals surface area (Å²) >= 11 is 0. The van der Waals surface area contributed by atoms with Crippen LogP contribution in [0.25, 0.3) is 0 Å².